The normalized spacial score (nSPS) is 12.5. The minimum atomic E-state index is -0.0186. The number of para-hydroxylation sites is 1. The Labute approximate surface area is 103 Å². The van der Waals surface area contributed by atoms with Crippen molar-refractivity contribution in [3.8, 4) is 0 Å². The maximum absolute atomic E-state index is 11.4. The van der Waals surface area contributed by atoms with Crippen LogP contribution >= 0.6 is 0 Å². The van der Waals surface area contributed by atoms with Crippen molar-refractivity contribution >= 4 is 11.6 Å². The topological polar surface area (TPSA) is 58.4 Å². The molecule has 4 nitrogen and oxygen atoms in total. The standard InChI is InChI=1S/C13H21N3O/c1-10(13(17)15-2)8-16(3)9-11-6-4-5-7-12(11)14/h4-7,10H,8-9,14H2,1-3H3,(H,15,17). The second kappa shape index (κ2) is 6.25. The SMILES string of the molecule is CNC(=O)C(C)CN(C)Cc1ccccc1N. The van der Waals surface area contributed by atoms with Crippen molar-refractivity contribution in [2.45, 2.75) is 13.5 Å². The maximum atomic E-state index is 11.4. The van der Waals surface area contributed by atoms with Crippen molar-refractivity contribution in [3.05, 3.63) is 29.8 Å². The average molecular weight is 235 g/mol. The number of nitrogens with one attached hydrogen (secondary N) is 1. The van der Waals surface area contributed by atoms with Gasteiger partial charge in [0.15, 0.2) is 0 Å². The number of benzene rings is 1. The van der Waals surface area contributed by atoms with Gasteiger partial charge in [0.05, 0.1) is 0 Å². The van der Waals surface area contributed by atoms with Crippen LogP contribution in [0.5, 0.6) is 0 Å². The largest absolute Gasteiger partial charge is 0.398 e. The van der Waals surface area contributed by atoms with Crippen molar-refractivity contribution in [2.24, 2.45) is 5.92 Å². The quantitative estimate of drug-likeness (QED) is 0.751. The Bertz CT molecular complexity index is 379. The summed E-state index contributed by atoms with van der Waals surface area (Å²) >= 11 is 0. The molecule has 1 aromatic rings. The van der Waals surface area contributed by atoms with Crippen LogP contribution in [0.1, 0.15) is 12.5 Å². The van der Waals surface area contributed by atoms with Crippen LogP contribution in [-0.4, -0.2) is 31.4 Å². The highest BCUT2D eigenvalue weighted by molar-refractivity contribution is 5.78. The number of rotatable bonds is 5. The average Bonchev–Trinajstić information content (AvgIpc) is 2.31. The minimum absolute atomic E-state index is 0.0186. The highest BCUT2D eigenvalue weighted by Gasteiger charge is 2.13. The molecule has 3 N–H and O–H groups in total. The number of carbonyl (C=O) groups excluding carboxylic acids is 1. The molecule has 0 aliphatic rings. The summed E-state index contributed by atoms with van der Waals surface area (Å²) < 4.78 is 0. The van der Waals surface area contributed by atoms with Crippen molar-refractivity contribution in [3.63, 3.8) is 0 Å². The molecule has 1 amide bonds. The Balaban J connectivity index is 2.53. The van der Waals surface area contributed by atoms with Gasteiger partial charge >= 0.3 is 0 Å². The summed E-state index contributed by atoms with van der Waals surface area (Å²) in [6, 6.07) is 7.80. The predicted octanol–water partition coefficient (Wildman–Crippen LogP) is 1.08. The molecular weight excluding hydrogens is 214 g/mol. The van der Waals surface area contributed by atoms with Gasteiger partial charge in [-0.15, -0.1) is 0 Å². The first-order chi connectivity index (χ1) is 8.04. The first-order valence-corrected chi connectivity index (χ1v) is 5.78. The van der Waals surface area contributed by atoms with Crippen LogP contribution in [-0.2, 0) is 11.3 Å². The van der Waals surface area contributed by atoms with Crippen LogP contribution in [0.2, 0.25) is 0 Å². The van der Waals surface area contributed by atoms with Crippen molar-refractivity contribution < 1.29 is 4.79 Å². The molecule has 1 unspecified atom stereocenters. The van der Waals surface area contributed by atoms with Gasteiger partial charge in [0.2, 0.25) is 5.91 Å². The molecular formula is C13H21N3O. The van der Waals surface area contributed by atoms with Gasteiger partial charge in [-0.3, -0.25) is 4.79 Å². The van der Waals surface area contributed by atoms with Gasteiger partial charge in [0, 0.05) is 31.7 Å². The van der Waals surface area contributed by atoms with Gasteiger partial charge in [-0.25, -0.2) is 0 Å². The van der Waals surface area contributed by atoms with Crippen LogP contribution in [0.15, 0.2) is 24.3 Å². The molecule has 1 atom stereocenters. The molecule has 0 fully saturated rings. The molecule has 0 aromatic heterocycles. The second-order valence-corrected chi connectivity index (χ2v) is 4.41. The van der Waals surface area contributed by atoms with Gasteiger partial charge < -0.3 is 16.0 Å². The smallest absolute Gasteiger partial charge is 0.223 e. The fourth-order valence-corrected chi connectivity index (χ4v) is 1.83. The van der Waals surface area contributed by atoms with Crippen LogP contribution in [0.3, 0.4) is 0 Å². The summed E-state index contributed by atoms with van der Waals surface area (Å²) in [5.41, 5.74) is 7.77. The molecule has 0 bridgehead atoms. The van der Waals surface area contributed by atoms with E-state index in [2.05, 4.69) is 10.2 Å². The third-order valence-electron chi connectivity index (χ3n) is 2.77. The maximum Gasteiger partial charge on any atom is 0.223 e. The fraction of sp³-hybridized carbons (Fsp3) is 0.462. The summed E-state index contributed by atoms with van der Waals surface area (Å²) in [5.74, 6) is 0.0489. The predicted molar refractivity (Wildman–Crippen MR) is 70.4 cm³/mol. The van der Waals surface area contributed by atoms with Crippen LogP contribution < -0.4 is 11.1 Å². The van der Waals surface area contributed by atoms with E-state index in [0.29, 0.717) is 6.54 Å². The van der Waals surface area contributed by atoms with Crippen LogP contribution in [0.4, 0.5) is 5.69 Å². The lowest BCUT2D eigenvalue weighted by molar-refractivity contribution is -0.124. The molecule has 0 spiro atoms. The summed E-state index contributed by atoms with van der Waals surface area (Å²) in [7, 11) is 3.65. The molecule has 0 radical (unpaired) electrons. The zero-order chi connectivity index (χ0) is 12.8. The number of nitrogen functional groups attached to an aromatic ring is 1. The number of nitrogens with two attached hydrogens (primary N) is 1. The van der Waals surface area contributed by atoms with Crippen LogP contribution in [0, 0.1) is 5.92 Å². The summed E-state index contributed by atoms with van der Waals surface area (Å²) in [6.07, 6.45) is 0. The molecule has 94 valence electrons. The van der Waals surface area contributed by atoms with E-state index in [1.165, 1.54) is 0 Å². The van der Waals surface area contributed by atoms with E-state index in [9.17, 15) is 4.79 Å². The zero-order valence-electron chi connectivity index (χ0n) is 10.7. The van der Waals surface area contributed by atoms with E-state index in [1.54, 1.807) is 7.05 Å². The zero-order valence-corrected chi connectivity index (χ0v) is 10.7. The van der Waals surface area contributed by atoms with E-state index in [-0.39, 0.29) is 11.8 Å². The summed E-state index contributed by atoms with van der Waals surface area (Å²) in [4.78, 5) is 13.5. The Morgan fingerprint density at radius 1 is 1.47 bits per heavy atom. The first-order valence-electron chi connectivity index (χ1n) is 5.78. The molecule has 1 aromatic carbocycles. The van der Waals surface area contributed by atoms with Gasteiger partial charge in [-0.2, -0.15) is 0 Å². The highest BCUT2D eigenvalue weighted by Crippen LogP contribution is 2.13. The summed E-state index contributed by atoms with van der Waals surface area (Å²) in [6.45, 7) is 3.39. The monoisotopic (exact) mass is 235 g/mol. The molecule has 0 aliphatic carbocycles. The Morgan fingerprint density at radius 2 is 2.12 bits per heavy atom. The van der Waals surface area contributed by atoms with E-state index < -0.39 is 0 Å². The molecule has 0 aliphatic heterocycles. The number of hydrogen-bond acceptors (Lipinski definition) is 3. The molecule has 17 heavy (non-hydrogen) atoms. The molecule has 0 saturated heterocycles. The second-order valence-electron chi connectivity index (χ2n) is 4.41. The first kappa shape index (κ1) is 13.5. The molecule has 4 heteroatoms. The number of hydrogen-bond donors (Lipinski definition) is 2. The lowest BCUT2D eigenvalue weighted by atomic mass is 10.1. The fourth-order valence-electron chi connectivity index (χ4n) is 1.83. The Kier molecular flexibility index (Phi) is 4.97. The molecule has 1 rings (SSSR count). The van der Waals surface area contributed by atoms with E-state index in [4.69, 9.17) is 5.73 Å². The van der Waals surface area contributed by atoms with Gasteiger partial charge in [0.1, 0.15) is 0 Å². The number of amides is 1. The Hall–Kier alpha value is -1.55. The third-order valence-corrected chi connectivity index (χ3v) is 2.77. The molecule has 0 saturated carbocycles. The van der Waals surface area contributed by atoms with E-state index in [1.807, 2.05) is 38.2 Å². The lowest BCUT2D eigenvalue weighted by Crippen LogP contribution is -2.34. The minimum Gasteiger partial charge on any atom is -0.398 e. The number of carbonyl (C=O) groups is 1. The lowest BCUT2D eigenvalue weighted by Gasteiger charge is -2.21. The number of anilines is 1. The van der Waals surface area contributed by atoms with Crippen molar-refractivity contribution in [1.82, 2.24) is 10.2 Å². The van der Waals surface area contributed by atoms with E-state index >= 15 is 0 Å². The van der Waals surface area contributed by atoms with Crippen LogP contribution in [0.25, 0.3) is 0 Å². The highest BCUT2D eigenvalue weighted by atomic mass is 16.1. The van der Waals surface area contributed by atoms with Crippen molar-refractivity contribution in [1.29, 1.82) is 0 Å². The van der Waals surface area contributed by atoms with E-state index in [0.717, 1.165) is 17.8 Å². The van der Waals surface area contributed by atoms with Crippen molar-refractivity contribution in [2.75, 3.05) is 26.4 Å². The van der Waals surface area contributed by atoms with Gasteiger partial charge in [0.25, 0.3) is 0 Å². The Morgan fingerprint density at radius 3 is 2.71 bits per heavy atom. The molecule has 0 heterocycles. The third kappa shape index (κ3) is 4.07. The van der Waals surface area contributed by atoms with Gasteiger partial charge in [-0.1, -0.05) is 25.1 Å². The number of nitrogens with zero attached hydrogens (tertiary/aromatic N) is 1. The van der Waals surface area contributed by atoms with Gasteiger partial charge in [-0.05, 0) is 18.7 Å². The summed E-state index contributed by atoms with van der Waals surface area (Å²) in [5, 5.41) is 2.66.